The van der Waals surface area contributed by atoms with Crippen molar-refractivity contribution in [2.24, 2.45) is 0 Å². The number of pyridine rings is 1. The molecular formula is C25H24F2N8S. The molecule has 0 aliphatic carbocycles. The van der Waals surface area contributed by atoms with E-state index in [1.807, 2.05) is 38.1 Å². The monoisotopic (exact) mass is 506 g/mol. The maximum absolute atomic E-state index is 14.8. The molecule has 5 rings (SSSR count). The van der Waals surface area contributed by atoms with Gasteiger partial charge in [0.2, 0.25) is 11.9 Å². The SMILES string of the molecule is CCNC(C)c1cnc(F)cc1-c1cccc2cc(-c3nc(NCCn4ccnn4)ncc3F)sc12. The maximum Gasteiger partial charge on any atom is 0.223 e. The van der Waals surface area contributed by atoms with Gasteiger partial charge in [-0.2, -0.15) is 4.39 Å². The quantitative estimate of drug-likeness (QED) is 0.270. The molecule has 0 saturated carbocycles. The number of aromatic nitrogens is 6. The molecule has 1 atom stereocenters. The summed E-state index contributed by atoms with van der Waals surface area (Å²) >= 11 is 1.41. The lowest BCUT2D eigenvalue weighted by molar-refractivity contribution is 0.568. The Hall–Kier alpha value is -3.83. The van der Waals surface area contributed by atoms with Crippen molar-refractivity contribution >= 4 is 27.4 Å². The fourth-order valence-corrected chi connectivity index (χ4v) is 5.26. The minimum atomic E-state index is -0.547. The van der Waals surface area contributed by atoms with Crippen LogP contribution in [0.15, 0.2) is 55.1 Å². The zero-order valence-electron chi connectivity index (χ0n) is 19.7. The number of thiophene rings is 1. The lowest BCUT2D eigenvalue weighted by atomic mass is 9.96. The first-order chi connectivity index (χ1) is 17.5. The second kappa shape index (κ2) is 10.4. The third kappa shape index (κ3) is 4.93. The molecular weight excluding hydrogens is 482 g/mol. The largest absolute Gasteiger partial charge is 0.352 e. The number of hydrogen-bond acceptors (Lipinski definition) is 8. The van der Waals surface area contributed by atoms with Gasteiger partial charge in [-0.15, -0.1) is 16.4 Å². The van der Waals surface area contributed by atoms with Gasteiger partial charge in [-0.3, -0.25) is 4.68 Å². The first-order valence-corrected chi connectivity index (χ1v) is 12.4. The Morgan fingerprint density at radius 2 is 2.00 bits per heavy atom. The summed E-state index contributed by atoms with van der Waals surface area (Å²) in [4.78, 5) is 13.0. The fraction of sp³-hybridized carbons (Fsp3) is 0.240. The molecule has 0 aliphatic heterocycles. The molecule has 0 spiro atoms. The van der Waals surface area contributed by atoms with Crippen LogP contribution in [0.3, 0.4) is 0 Å². The lowest BCUT2D eigenvalue weighted by Crippen LogP contribution is -2.18. The minimum Gasteiger partial charge on any atom is -0.352 e. The van der Waals surface area contributed by atoms with Crippen molar-refractivity contribution in [3.05, 3.63) is 72.4 Å². The summed E-state index contributed by atoms with van der Waals surface area (Å²) in [6.07, 6.45) is 6.10. The Kier molecular flexibility index (Phi) is 6.92. The number of benzene rings is 1. The second-order valence-corrected chi connectivity index (χ2v) is 9.24. The van der Waals surface area contributed by atoms with Gasteiger partial charge in [-0.05, 0) is 36.0 Å². The van der Waals surface area contributed by atoms with E-state index in [1.54, 1.807) is 23.3 Å². The Labute approximate surface area is 210 Å². The summed E-state index contributed by atoms with van der Waals surface area (Å²) in [6, 6.07) is 9.17. The molecule has 0 amide bonds. The highest BCUT2D eigenvalue weighted by Gasteiger charge is 2.19. The maximum atomic E-state index is 14.8. The summed E-state index contributed by atoms with van der Waals surface area (Å²) in [5.41, 5.74) is 2.73. The average Bonchev–Trinajstić information content (AvgIpc) is 3.55. The van der Waals surface area contributed by atoms with Crippen molar-refractivity contribution in [3.8, 4) is 21.7 Å². The van der Waals surface area contributed by atoms with E-state index in [0.29, 0.717) is 23.9 Å². The molecule has 184 valence electrons. The molecule has 4 aromatic heterocycles. The third-order valence-electron chi connectivity index (χ3n) is 5.79. The van der Waals surface area contributed by atoms with E-state index in [0.717, 1.165) is 33.3 Å². The van der Waals surface area contributed by atoms with Crippen LogP contribution in [0.5, 0.6) is 0 Å². The van der Waals surface area contributed by atoms with Gasteiger partial charge in [0, 0.05) is 41.3 Å². The van der Waals surface area contributed by atoms with Crippen molar-refractivity contribution < 1.29 is 8.78 Å². The molecule has 1 aromatic carbocycles. The van der Waals surface area contributed by atoms with E-state index in [9.17, 15) is 8.78 Å². The topological polar surface area (TPSA) is 93.4 Å². The predicted octanol–water partition coefficient (Wildman–Crippen LogP) is 5.07. The van der Waals surface area contributed by atoms with Gasteiger partial charge in [0.25, 0.3) is 0 Å². The standard InChI is InChI=1S/C25H24F2N8S/c1-3-28-15(2)19-13-30-22(27)12-18(19)17-6-4-5-16-11-21(36-24(16)17)23-20(26)14-31-25(33-23)29-7-9-35-10-8-32-34-35/h4-6,8,10-15,28H,3,7,9H2,1-2H3,(H,29,31,33). The second-order valence-electron chi connectivity index (χ2n) is 8.19. The van der Waals surface area contributed by atoms with Gasteiger partial charge >= 0.3 is 0 Å². The van der Waals surface area contributed by atoms with Crippen LogP contribution in [0.2, 0.25) is 0 Å². The number of fused-ring (bicyclic) bond motifs is 1. The third-order valence-corrected chi connectivity index (χ3v) is 6.98. The van der Waals surface area contributed by atoms with Crippen molar-refractivity contribution in [1.29, 1.82) is 0 Å². The van der Waals surface area contributed by atoms with Crippen molar-refractivity contribution in [3.63, 3.8) is 0 Å². The number of halogens is 2. The van der Waals surface area contributed by atoms with E-state index < -0.39 is 11.8 Å². The molecule has 11 heteroatoms. The first-order valence-electron chi connectivity index (χ1n) is 11.6. The van der Waals surface area contributed by atoms with Crippen molar-refractivity contribution in [2.45, 2.75) is 26.4 Å². The average molecular weight is 507 g/mol. The van der Waals surface area contributed by atoms with Crippen molar-refractivity contribution in [1.82, 2.24) is 35.3 Å². The lowest BCUT2D eigenvalue weighted by Gasteiger charge is -2.17. The molecule has 36 heavy (non-hydrogen) atoms. The summed E-state index contributed by atoms with van der Waals surface area (Å²) in [7, 11) is 0. The summed E-state index contributed by atoms with van der Waals surface area (Å²) in [5.74, 6) is -0.738. The summed E-state index contributed by atoms with van der Waals surface area (Å²) in [6.45, 7) is 5.89. The Morgan fingerprint density at radius 1 is 1.11 bits per heavy atom. The van der Waals surface area contributed by atoms with Crippen LogP contribution in [-0.2, 0) is 6.54 Å². The molecule has 0 aliphatic rings. The Bertz CT molecular complexity index is 1490. The number of rotatable bonds is 9. The molecule has 1 unspecified atom stereocenters. The van der Waals surface area contributed by atoms with Gasteiger partial charge in [0.15, 0.2) is 5.82 Å². The van der Waals surface area contributed by atoms with Gasteiger partial charge in [-0.25, -0.2) is 19.3 Å². The van der Waals surface area contributed by atoms with Crippen LogP contribution in [0, 0.1) is 11.8 Å². The molecule has 0 fully saturated rings. The molecule has 2 N–H and O–H groups in total. The van der Waals surface area contributed by atoms with E-state index in [-0.39, 0.29) is 11.7 Å². The van der Waals surface area contributed by atoms with Gasteiger partial charge < -0.3 is 10.6 Å². The minimum absolute atomic E-state index is 0.0155. The van der Waals surface area contributed by atoms with E-state index in [1.165, 1.54) is 23.6 Å². The van der Waals surface area contributed by atoms with Crippen LogP contribution in [-0.4, -0.2) is 43.0 Å². The van der Waals surface area contributed by atoms with Crippen LogP contribution < -0.4 is 10.6 Å². The smallest absolute Gasteiger partial charge is 0.223 e. The molecule has 0 bridgehead atoms. The normalized spacial score (nSPS) is 12.2. The summed E-state index contributed by atoms with van der Waals surface area (Å²) < 4.78 is 31.7. The molecule has 0 saturated heterocycles. The molecule has 4 heterocycles. The zero-order chi connectivity index (χ0) is 25.1. The number of nitrogens with one attached hydrogen (secondary N) is 2. The summed E-state index contributed by atoms with van der Waals surface area (Å²) in [5, 5.41) is 15.1. The van der Waals surface area contributed by atoms with Gasteiger partial charge in [-0.1, -0.05) is 30.3 Å². The Balaban J connectivity index is 1.50. The number of anilines is 1. The van der Waals surface area contributed by atoms with E-state index in [4.69, 9.17) is 0 Å². The van der Waals surface area contributed by atoms with Crippen LogP contribution in [0.1, 0.15) is 25.5 Å². The van der Waals surface area contributed by atoms with Crippen LogP contribution >= 0.6 is 11.3 Å². The fourth-order valence-electron chi connectivity index (χ4n) is 4.09. The van der Waals surface area contributed by atoms with Gasteiger partial charge in [0.05, 0.1) is 23.8 Å². The van der Waals surface area contributed by atoms with Gasteiger partial charge in [0.1, 0.15) is 5.69 Å². The number of nitrogens with zero attached hydrogens (tertiary/aromatic N) is 6. The number of hydrogen-bond donors (Lipinski definition) is 2. The van der Waals surface area contributed by atoms with Crippen molar-refractivity contribution in [2.75, 3.05) is 18.4 Å². The predicted molar refractivity (Wildman–Crippen MR) is 137 cm³/mol. The van der Waals surface area contributed by atoms with Crippen LogP contribution in [0.4, 0.5) is 14.7 Å². The first kappa shape index (κ1) is 23.9. The molecule has 8 nitrogen and oxygen atoms in total. The highest BCUT2D eigenvalue weighted by molar-refractivity contribution is 7.22. The highest BCUT2D eigenvalue weighted by Crippen LogP contribution is 2.41. The molecule has 5 aromatic rings. The van der Waals surface area contributed by atoms with E-state index in [2.05, 4.69) is 35.9 Å². The highest BCUT2D eigenvalue weighted by atomic mass is 32.1. The molecule has 0 radical (unpaired) electrons. The Morgan fingerprint density at radius 3 is 2.81 bits per heavy atom. The van der Waals surface area contributed by atoms with E-state index >= 15 is 0 Å². The van der Waals surface area contributed by atoms with Crippen LogP contribution in [0.25, 0.3) is 31.8 Å². The zero-order valence-corrected chi connectivity index (χ0v) is 20.6.